The normalized spacial score (nSPS) is 18.0. The van der Waals surface area contributed by atoms with E-state index < -0.39 is 0 Å². The van der Waals surface area contributed by atoms with Gasteiger partial charge in [-0.05, 0) is 42.8 Å². The Hall–Kier alpha value is -2.28. The van der Waals surface area contributed by atoms with Crippen LogP contribution in [0.25, 0.3) is 0 Å². The first-order valence-corrected chi connectivity index (χ1v) is 8.94. The highest BCUT2D eigenvalue weighted by Gasteiger charge is 2.24. The first-order valence-electron chi connectivity index (χ1n) is 8.06. The van der Waals surface area contributed by atoms with Crippen molar-refractivity contribution in [2.75, 3.05) is 31.2 Å². The molecule has 6 nitrogen and oxygen atoms in total. The lowest BCUT2D eigenvalue weighted by Crippen LogP contribution is -2.32. The summed E-state index contributed by atoms with van der Waals surface area (Å²) in [6.45, 7) is 1.51. The molecule has 0 aromatic carbocycles. The van der Waals surface area contributed by atoms with Crippen LogP contribution in [0, 0.1) is 0 Å². The maximum atomic E-state index is 12.7. The summed E-state index contributed by atoms with van der Waals surface area (Å²) in [4.78, 5) is 19.4. The number of methoxy groups -OCH3 is 1. The van der Waals surface area contributed by atoms with Gasteiger partial charge in [0.25, 0.3) is 5.91 Å². The van der Waals surface area contributed by atoms with Crippen LogP contribution in [0.1, 0.15) is 28.9 Å². The monoisotopic (exact) mass is 346 g/mol. The number of aromatic nitrogens is 1. The van der Waals surface area contributed by atoms with Crippen LogP contribution in [0.2, 0.25) is 0 Å². The summed E-state index contributed by atoms with van der Waals surface area (Å²) < 4.78 is 5.27. The van der Waals surface area contributed by atoms with E-state index >= 15 is 0 Å². The van der Waals surface area contributed by atoms with Crippen molar-refractivity contribution in [3.8, 4) is 5.75 Å². The zero-order valence-corrected chi connectivity index (χ0v) is 14.5. The van der Waals surface area contributed by atoms with Crippen LogP contribution in [0.4, 0.5) is 11.5 Å². The molecule has 1 aliphatic heterocycles. The van der Waals surface area contributed by atoms with E-state index in [0.717, 1.165) is 38.0 Å². The number of nitrogens with zero attached hydrogens (tertiary/aromatic N) is 2. The molecule has 0 spiro atoms. The summed E-state index contributed by atoms with van der Waals surface area (Å²) in [5, 5.41) is 5.38. The molecule has 3 heterocycles. The Morgan fingerprint density at radius 2 is 2.25 bits per heavy atom. The second-order valence-electron chi connectivity index (χ2n) is 5.85. The van der Waals surface area contributed by atoms with Gasteiger partial charge in [0, 0.05) is 19.1 Å². The number of nitrogens with one attached hydrogen (secondary N) is 1. The number of carbonyl (C=O) groups is 1. The van der Waals surface area contributed by atoms with Crippen LogP contribution in [-0.2, 0) is 0 Å². The summed E-state index contributed by atoms with van der Waals surface area (Å²) in [6.07, 6.45) is 4.65. The quantitative estimate of drug-likeness (QED) is 0.890. The third-order valence-corrected chi connectivity index (χ3v) is 5.10. The molecule has 2 aromatic rings. The molecule has 24 heavy (non-hydrogen) atoms. The lowest BCUT2D eigenvalue weighted by molar-refractivity contribution is 0.0763. The van der Waals surface area contributed by atoms with E-state index in [1.165, 1.54) is 11.3 Å². The van der Waals surface area contributed by atoms with Gasteiger partial charge in [-0.3, -0.25) is 4.79 Å². The van der Waals surface area contributed by atoms with Crippen molar-refractivity contribution in [3.63, 3.8) is 0 Å². The molecule has 3 N–H and O–H groups in total. The van der Waals surface area contributed by atoms with E-state index in [1.807, 2.05) is 22.4 Å². The number of ether oxygens (including phenoxy) is 1. The number of carbonyl (C=O) groups excluding carboxylic acids is 1. The van der Waals surface area contributed by atoms with Crippen molar-refractivity contribution in [2.24, 2.45) is 0 Å². The number of thiophene rings is 1. The second kappa shape index (κ2) is 7.53. The smallest absolute Gasteiger partial charge is 0.267 e. The van der Waals surface area contributed by atoms with Crippen LogP contribution >= 0.6 is 11.3 Å². The van der Waals surface area contributed by atoms with Gasteiger partial charge in [-0.25, -0.2) is 4.98 Å². The van der Waals surface area contributed by atoms with E-state index in [1.54, 1.807) is 19.4 Å². The number of pyridine rings is 1. The zero-order chi connectivity index (χ0) is 16.9. The van der Waals surface area contributed by atoms with Crippen molar-refractivity contribution < 1.29 is 9.53 Å². The van der Waals surface area contributed by atoms with Gasteiger partial charge in [-0.15, -0.1) is 11.3 Å². The number of anilines is 2. The van der Waals surface area contributed by atoms with E-state index in [-0.39, 0.29) is 5.91 Å². The zero-order valence-electron chi connectivity index (χ0n) is 13.7. The van der Waals surface area contributed by atoms with Crippen molar-refractivity contribution in [1.29, 1.82) is 0 Å². The standard InChI is InChI=1S/C17H22N4O2S/c1-23-14-7-10-24-16(14)17(22)21-8-2-3-12(6-9-21)20-13-4-5-15(18)19-11-13/h4-5,7,10-12,20H,2-3,6,8-9H2,1H3,(H2,18,19)/t12-/m1/s1. The minimum atomic E-state index is 0.0663. The fraction of sp³-hybridized carbons (Fsp3) is 0.412. The van der Waals surface area contributed by atoms with Crippen molar-refractivity contribution in [1.82, 2.24) is 9.88 Å². The van der Waals surface area contributed by atoms with Gasteiger partial charge in [0.15, 0.2) is 0 Å². The fourth-order valence-corrected chi connectivity index (χ4v) is 3.75. The maximum Gasteiger partial charge on any atom is 0.267 e. The highest BCUT2D eigenvalue weighted by atomic mass is 32.1. The molecule has 0 unspecified atom stereocenters. The number of hydrogen-bond acceptors (Lipinski definition) is 6. The van der Waals surface area contributed by atoms with Gasteiger partial charge in [-0.2, -0.15) is 0 Å². The molecule has 1 aliphatic rings. The summed E-state index contributed by atoms with van der Waals surface area (Å²) in [6, 6.07) is 5.90. The maximum absolute atomic E-state index is 12.7. The topological polar surface area (TPSA) is 80.5 Å². The van der Waals surface area contributed by atoms with Crippen LogP contribution in [0.3, 0.4) is 0 Å². The summed E-state index contributed by atoms with van der Waals surface area (Å²) in [7, 11) is 1.60. The van der Waals surface area contributed by atoms with Crippen LogP contribution in [0.5, 0.6) is 5.75 Å². The minimum Gasteiger partial charge on any atom is -0.495 e. The molecule has 1 fully saturated rings. The Bertz CT molecular complexity index is 686. The Labute approximate surface area is 145 Å². The Morgan fingerprint density at radius 1 is 1.38 bits per heavy atom. The van der Waals surface area contributed by atoms with Crippen molar-refractivity contribution >= 4 is 28.7 Å². The third-order valence-electron chi connectivity index (χ3n) is 4.22. The molecule has 0 aliphatic carbocycles. The lowest BCUT2D eigenvalue weighted by atomic mass is 10.1. The number of amides is 1. The van der Waals surface area contributed by atoms with Gasteiger partial charge in [0.2, 0.25) is 0 Å². The summed E-state index contributed by atoms with van der Waals surface area (Å²) in [5.74, 6) is 1.25. The van der Waals surface area contributed by atoms with Crippen LogP contribution in [-0.4, -0.2) is 42.0 Å². The number of rotatable bonds is 4. The van der Waals surface area contributed by atoms with Gasteiger partial charge in [0.05, 0.1) is 19.0 Å². The minimum absolute atomic E-state index is 0.0663. The van der Waals surface area contributed by atoms with Crippen molar-refractivity contribution in [3.05, 3.63) is 34.7 Å². The molecule has 0 radical (unpaired) electrons. The van der Waals surface area contributed by atoms with E-state index in [0.29, 0.717) is 22.5 Å². The molecule has 1 atom stereocenters. The Kier molecular flexibility index (Phi) is 5.20. The molecule has 1 amide bonds. The first-order chi connectivity index (χ1) is 11.7. The molecular weight excluding hydrogens is 324 g/mol. The Balaban J connectivity index is 1.60. The molecule has 1 saturated heterocycles. The largest absolute Gasteiger partial charge is 0.495 e. The van der Waals surface area contributed by atoms with Crippen molar-refractivity contribution in [2.45, 2.75) is 25.3 Å². The second-order valence-corrected chi connectivity index (χ2v) is 6.77. The molecule has 0 saturated carbocycles. The van der Waals surface area contributed by atoms with Crippen LogP contribution < -0.4 is 15.8 Å². The average molecular weight is 346 g/mol. The third kappa shape index (κ3) is 3.79. The first kappa shape index (κ1) is 16.6. The molecule has 128 valence electrons. The SMILES string of the molecule is COc1ccsc1C(=O)N1CCC[C@@H](Nc2ccc(N)nc2)CC1. The number of nitrogens with two attached hydrogens (primary N) is 1. The Morgan fingerprint density at radius 3 is 3.00 bits per heavy atom. The average Bonchev–Trinajstić information content (AvgIpc) is 2.95. The number of likely N-dealkylation sites (tertiary alicyclic amines) is 1. The predicted octanol–water partition coefficient (Wildman–Crippen LogP) is 2.84. The van der Waals surface area contributed by atoms with E-state index in [9.17, 15) is 4.79 Å². The van der Waals surface area contributed by atoms with E-state index in [4.69, 9.17) is 10.5 Å². The van der Waals surface area contributed by atoms with E-state index in [2.05, 4.69) is 10.3 Å². The summed E-state index contributed by atoms with van der Waals surface area (Å²) in [5.41, 5.74) is 6.58. The van der Waals surface area contributed by atoms with Gasteiger partial charge >= 0.3 is 0 Å². The van der Waals surface area contributed by atoms with Crippen LogP contribution in [0.15, 0.2) is 29.8 Å². The number of nitrogen functional groups attached to an aromatic ring is 1. The fourth-order valence-electron chi connectivity index (χ4n) is 2.93. The highest BCUT2D eigenvalue weighted by Crippen LogP contribution is 2.27. The molecule has 7 heteroatoms. The highest BCUT2D eigenvalue weighted by molar-refractivity contribution is 7.12. The number of hydrogen-bond donors (Lipinski definition) is 2. The van der Waals surface area contributed by atoms with Gasteiger partial charge in [-0.1, -0.05) is 0 Å². The summed E-state index contributed by atoms with van der Waals surface area (Å²) >= 11 is 1.44. The molecule has 0 bridgehead atoms. The molecule has 3 rings (SSSR count). The van der Waals surface area contributed by atoms with Gasteiger partial charge < -0.3 is 20.7 Å². The molecule has 2 aromatic heterocycles. The molecular formula is C17H22N4O2S. The van der Waals surface area contributed by atoms with Gasteiger partial charge in [0.1, 0.15) is 16.4 Å². The predicted molar refractivity (Wildman–Crippen MR) is 96.7 cm³/mol. The lowest BCUT2D eigenvalue weighted by Gasteiger charge is -2.21.